The summed E-state index contributed by atoms with van der Waals surface area (Å²) >= 11 is 0. The van der Waals surface area contributed by atoms with Crippen LogP contribution in [0.3, 0.4) is 0 Å². The number of aromatic nitrogens is 4. The number of hydrogen-bond acceptors (Lipinski definition) is 10. The van der Waals surface area contributed by atoms with Gasteiger partial charge in [-0.05, 0) is 147 Å². The van der Waals surface area contributed by atoms with Gasteiger partial charge in [0, 0.05) is 70.6 Å². The van der Waals surface area contributed by atoms with E-state index in [9.17, 15) is 19.2 Å². The van der Waals surface area contributed by atoms with Gasteiger partial charge < -0.3 is 51.8 Å². The first-order chi connectivity index (χ1) is 36.8. The number of aromatic amines is 2. The molecule has 2 aliphatic heterocycles. The van der Waals surface area contributed by atoms with Crippen molar-refractivity contribution in [3.05, 3.63) is 96.6 Å². The zero-order chi connectivity index (χ0) is 53.0. The molecule has 4 aromatic heterocycles. The van der Waals surface area contributed by atoms with Crippen molar-refractivity contribution < 1.29 is 48.0 Å². The third-order valence-corrected chi connectivity index (χ3v) is 16.2. The highest BCUT2D eigenvalue weighted by Crippen LogP contribution is 2.38. The molecule has 10 rings (SSSR count). The quantitative estimate of drug-likeness (QED) is 0.0410. The van der Waals surface area contributed by atoms with Gasteiger partial charge in [0.1, 0.15) is 11.5 Å². The highest BCUT2D eigenvalue weighted by molar-refractivity contribution is 6.22. The number of nitrogens with two attached hydrogens (primary N) is 2. The third-order valence-electron chi connectivity index (χ3n) is 16.2. The first-order valence-corrected chi connectivity index (χ1v) is 26.7. The number of aliphatic carboxylic acids is 2. The minimum Gasteiger partial charge on any atom is -0.497 e. The van der Waals surface area contributed by atoms with E-state index in [0.717, 1.165) is 152 Å². The van der Waals surface area contributed by atoms with Crippen molar-refractivity contribution in [2.75, 3.05) is 53.5 Å². The Hall–Kier alpha value is -7.38. The van der Waals surface area contributed by atoms with Crippen molar-refractivity contribution >= 4 is 88.9 Å². The molecule has 8 aromatic rings. The second-order valence-corrected chi connectivity index (χ2v) is 20.9. The highest BCUT2D eigenvalue weighted by atomic mass is 16.5. The van der Waals surface area contributed by atoms with Crippen LogP contribution >= 0.6 is 0 Å². The largest absolute Gasteiger partial charge is 0.497 e. The summed E-state index contributed by atoms with van der Waals surface area (Å²) in [4.78, 5) is 60.3. The van der Waals surface area contributed by atoms with Crippen LogP contribution in [-0.2, 0) is 45.4 Å². The van der Waals surface area contributed by atoms with Crippen LogP contribution in [0.15, 0.2) is 85.5 Å². The SMILES string of the molecule is COc1ccc2[nH]c3c(CNC(=O)[C@@H](N)CCC(=O)O)cc4cc[n+](CCN5CCC(C6CCN(CC[n+]7ccc8cc(CNC(=O)[C@@H](N)CCC(=O)O)c9[nH]c%10ccc(OC)cc%10c9c8c7)CC6)CC5)cc4c3c2c1. The topological polar surface area (TPSA) is 249 Å². The molecule has 10 N–H and O–H groups in total. The molecule has 0 unspecified atom stereocenters. The van der Waals surface area contributed by atoms with Gasteiger partial charge in [-0.2, -0.15) is 0 Å². The van der Waals surface area contributed by atoms with Gasteiger partial charge in [0.05, 0.1) is 61.2 Å². The van der Waals surface area contributed by atoms with Crippen molar-refractivity contribution in [2.45, 2.75) is 89.6 Å². The summed E-state index contributed by atoms with van der Waals surface area (Å²) in [6.45, 7) is 8.58. The van der Waals surface area contributed by atoms with E-state index in [1.807, 2.05) is 36.4 Å². The zero-order valence-electron chi connectivity index (χ0n) is 43.4. The smallest absolute Gasteiger partial charge is 0.303 e. The van der Waals surface area contributed by atoms with E-state index in [2.05, 4.69) is 88.6 Å². The number of likely N-dealkylation sites (tertiary alicyclic amines) is 2. The number of carbonyl (C=O) groups is 4. The maximum atomic E-state index is 12.9. The van der Waals surface area contributed by atoms with Gasteiger partial charge in [0.2, 0.25) is 11.8 Å². The molecule has 0 aliphatic carbocycles. The molecule has 0 radical (unpaired) electrons. The summed E-state index contributed by atoms with van der Waals surface area (Å²) in [5.74, 6) is 0.288. The molecule has 2 saturated heterocycles. The lowest BCUT2D eigenvalue weighted by Crippen LogP contribution is -2.46. The Morgan fingerprint density at radius 1 is 0.618 bits per heavy atom. The Labute approximate surface area is 440 Å². The number of rotatable bonds is 21. The van der Waals surface area contributed by atoms with Crippen molar-refractivity contribution in [2.24, 2.45) is 23.3 Å². The average Bonchev–Trinajstić information content (AvgIpc) is 4.08. The summed E-state index contributed by atoms with van der Waals surface area (Å²) in [5, 5.41) is 32.5. The molecule has 76 heavy (non-hydrogen) atoms. The van der Waals surface area contributed by atoms with Gasteiger partial charge >= 0.3 is 11.9 Å². The molecule has 2 amide bonds. The Kier molecular flexibility index (Phi) is 15.7. The maximum Gasteiger partial charge on any atom is 0.303 e. The van der Waals surface area contributed by atoms with Crippen molar-refractivity contribution in [3.63, 3.8) is 0 Å². The summed E-state index contributed by atoms with van der Waals surface area (Å²) in [6.07, 6.45) is 13.5. The number of nitrogens with one attached hydrogen (secondary N) is 4. The van der Waals surface area contributed by atoms with Crippen molar-refractivity contribution in [3.8, 4) is 11.5 Å². The molecule has 398 valence electrons. The molecule has 2 aliphatic rings. The minimum absolute atomic E-state index is 0.0684. The maximum absolute atomic E-state index is 12.9. The van der Waals surface area contributed by atoms with Crippen LogP contribution in [0.25, 0.3) is 65.2 Å². The van der Waals surface area contributed by atoms with Gasteiger partial charge in [-0.25, -0.2) is 9.13 Å². The molecule has 0 spiro atoms. The van der Waals surface area contributed by atoms with Crippen LogP contribution in [0.1, 0.15) is 62.5 Å². The van der Waals surface area contributed by atoms with Crippen LogP contribution < -0.4 is 40.7 Å². The molecule has 6 heterocycles. The van der Waals surface area contributed by atoms with Gasteiger partial charge in [-0.1, -0.05) is 0 Å². The number of nitrogens with zero attached hydrogens (tertiary/aromatic N) is 4. The fraction of sp³-hybridized carbons (Fsp3) is 0.414. The summed E-state index contributed by atoms with van der Waals surface area (Å²) in [5.41, 5.74) is 17.7. The number of carboxylic acid groups (broad SMARTS) is 2. The molecule has 18 nitrogen and oxygen atoms in total. The molecule has 0 bridgehead atoms. The van der Waals surface area contributed by atoms with Crippen LogP contribution in [0, 0.1) is 11.8 Å². The predicted molar refractivity (Wildman–Crippen MR) is 292 cm³/mol. The van der Waals surface area contributed by atoms with Crippen LogP contribution in [0.5, 0.6) is 11.5 Å². The number of methoxy groups -OCH3 is 2. The number of H-pyrrole nitrogens is 2. The summed E-state index contributed by atoms with van der Waals surface area (Å²) in [6, 6.07) is 18.7. The molecule has 18 heteroatoms. The number of fused-ring (bicyclic) bond motifs is 10. The second kappa shape index (κ2) is 22.8. The summed E-state index contributed by atoms with van der Waals surface area (Å²) < 4.78 is 15.8. The highest BCUT2D eigenvalue weighted by Gasteiger charge is 2.31. The van der Waals surface area contributed by atoms with Crippen LogP contribution in [0.2, 0.25) is 0 Å². The number of amides is 2. The van der Waals surface area contributed by atoms with Gasteiger partial charge in [0.25, 0.3) is 0 Å². The lowest BCUT2D eigenvalue weighted by Gasteiger charge is -2.39. The number of carbonyl (C=O) groups excluding carboxylic acids is 2. The first-order valence-electron chi connectivity index (χ1n) is 26.7. The van der Waals surface area contributed by atoms with Crippen molar-refractivity contribution in [1.29, 1.82) is 0 Å². The molecule has 4 aromatic carbocycles. The normalized spacial score (nSPS) is 16.0. The number of piperidine rings is 2. The molecular weight excluding hydrogens is 965 g/mol. The number of hydrogen-bond donors (Lipinski definition) is 8. The fourth-order valence-electron chi connectivity index (χ4n) is 11.7. The lowest BCUT2D eigenvalue weighted by molar-refractivity contribution is -0.695. The van der Waals surface area contributed by atoms with Crippen LogP contribution in [-0.4, -0.2) is 119 Å². The predicted octanol–water partition coefficient (Wildman–Crippen LogP) is 5.60. The van der Waals surface area contributed by atoms with E-state index in [-0.39, 0.29) is 50.6 Å². The Bertz CT molecular complexity index is 3240. The van der Waals surface area contributed by atoms with E-state index < -0.39 is 24.0 Å². The Balaban J connectivity index is 0.741. The molecule has 2 atom stereocenters. The van der Waals surface area contributed by atoms with Gasteiger partial charge in [-0.3, -0.25) is 29.0 Å². The number of carboxylic acids is 2. The third kappa shape index (κ3) is 11.4. The van der Waals surface area contributed by atoms with Crippen molar-refractivity contribution in [1.82, 2.24) is 30.4 Å². The number of ether oxygens (including phenoxy) is 2. The fourth-order valence-corrected chi connectivity index (χ4v) is 11.7. The monoisotopic (exact) mass is 1030 g/mol. The summed E-state index contributed by atoms with van der Waals surface area (Å²) in [7, 11) is 3.33. The Morgan fingerprint density at radius 2 is 1.03 bits per heavy atom. The minimum atomic E-state index is -0.982. The molecule has 0 saturated carbocycles. The molecular formula is C58H70N10O8+2. The number of pyridine rings is 2. The van der Waals surface area contributed by atoms with Gasteiger partial charge in [-0.15, -0.1) is 0 Å². The second-order valence-electron chi connectivity index (χ2n) is 20.9. The van der Waals surface area contributed by atoms with E-state index in [1.165, 1.54) is 25.7 Å². The lowest BCUT2D eigenvalue weighted by atomic mass is 9.79. The van der Waals surface area contributed by atoms with E-state index in [1.54, 1.807) is 14.2 Å². The first kappa shape index (κ1) is 52.1. The average molecular weight is 1040 g/mol. The standard InChI is InChI=1S/C58H68N10O8/c1-75-41-3-7-49-43(29-41)53-45-33-67(21-15-37(45)27-39(55(53)63-49)31-61-57(73)47(59)5-9-51(69)70)25-23-65-17-11-35(12-18-65)36-13-19-66(20-14-36)24-26-68-22-16-38-28-40(32-62-58(74)48(60)6-10-52(71)72)56-54(46(38)34-68)44-30-42(76-2)4-8-50(44)64-56/h3-4,7-8,15-16,21-22,27-30,33-36,47-48H,5-6,9-14,17-20,23-26,31-32,59-60H2,1-2H3,(H4,61,62,69,70,71,72,73,74)/p+2/t47-,48-/m0/s1. The van der Waals surface area contributed by atoms with E-state index in [4.69, 9.17) is 31.2 Å². The van der Waals surface area contributed by atoms with E-state index >= 15 is 0 Å². The molecule has 2 fully saturated rings. The van der Waals surface area contributed by atoms with Gasteiger partial charge in [0.15, 0.2) is 37.9 Å². The Morgan fingerprint density at radius 3 is 1.41 bits per heavy atom. The zero-order valence-corrected chi connectivity index (χ0v) is 43.4. The number of benzene rings is 4. The van der Waals surface area contributed by atoms with E-state index in [0.29, 0.717) is 0 Å². The van der Waals surface area contributed by atoms with Crippen LogP contribution in [0.4, 0.5) is 0 Å².